The Kier molecular flexibility index (Phi) is 5.62. The van der Waals surface area contributed by atoms with Gasteiger partial charge in [-0.2, -0.15) is 4.98 Å². The van der Waals surface area contributed by atoms with Crippen LogP contribution in [0.15, 0.2) is 34.9 Å². The number of hydrogen-bond donors (Lipinski definition) is 1. The Morgan fingerprint density at radius 1 is 1.12 bits per heavy atom. The van der Waals surface area contributed by atoms with Gasteiger partial charge in [0.05, 0.1) is 5.60 Å². The number of hydrogen-bond acceptors (Lipinski definition) is 6. The van der Waals surface area contributed by atoms with Crippen LogP contribution in [0.25, 0.3) is 0 Å². The lowest BCUT2D eigenvalue weighted by atomic mass is 9.84. The third kappa shape index (κ3) is 4.50. The van der Waals surface area contributed by atoms with Crippen molar-refractivity contribution < 1.29 is 14.0 Å². The molecule has 4 rings (SSSR count). The second kappa shape index (κ2) is 8.29. The molecule has 0 amide bonds. The highest BCUT2D eigenvalue weighted by Crippen LogP contribution is 2.34. The number of nitrogens with zero attached hydrogens (tertiary/aromatic N) is 2. The van der Waals surface area contributed by atoms with E-state index in [2.05, 4.69) is 27.6 Å². The number of aromatic nitrogens is 2. The molecule has 0 bridgehead atoms. The number of nitrogens with one attached hydrogen (secondary N) is 1. The average Bonchev–Trinajstić information content (AvgIpc) is 3.11. The zero-order valence-corrected chi connectivity index (χ0v) is 15.2. The molecule has 3 heterocycles. The first-order valence-corrected chi connectivity index (χ1v) is 9.62. The van der Waals surface area contributed by atoms with Gasteiger partial charge in [0.25, 0.3) is 0 Å². The first-order valence-electron chi connectivity index (χ1n) is 9.62. The minimum Gasteiger partial charge on any atom is -0.381 e. The summed E-state index contributed by atoms with van der Waals surface area (Å²) in [6.45, 7) is 3.32. The first-order chi connectivity index (χ1) is 12.8. The second-order valence-corrected chi connectivity index (χ2v) is 7.30. The Morgan fingerprint density at radius 3 is 2.81 bits per heavy atom. The van der Waals surface area contributed by atoms with Crippen molar-refractivity contribution in [2.24, 2.45) is 0 Å². The van der Waals surface area contributed by atoms with E-state index in [1.54, 1.807) is 0 Å². The molecule has 2 fully saturated rings. The summed E-state index contributed by atoms with van der Waals surface area (Å²) >= 11 is 0. The van der Waals surface area contributed by atoms with Crippen LogP contribution in [0.5, 0.6) is 0 Å². The summed E-state index contributed by atoms with van der Waals surface area (Å²) in [5.41, 5.74) is 1.23. The summed E-state index contributed by atoms with van der Waals surface area (Å²) in [5.74, 6) is 1.45. The fourth-order valence-electron chi connectivity index (χ4n) is 3.92. The molecule has 1 aromatic heterocycles. The molecule has 1 N–H and O–H groups in total. The fraction of sp³-hybridized carbons (Fsp3) is 0.600. The lowest BCUT2D eigenvalue weighted by Gasteiger charge is -2.43. The van der Waals surface area contributed by atoms with Gasteiger partial charge in [0, 0.05) is 45.2 Å². The SMILES string of the molecule is c1ccc(Cc2noc(CCN[C@@H]3CCOC4(CCOCC4)C3)n2)cc1. The monoisotopic (exact) mass is 357 g/mol. The summed E-state index contributed by atoms with van der Waals surface area (Å²) in [6, 6.07) is 10.7. The van der Waals surface area contributed by atoms with E-state index in [9.17, 15) is 0 Å². The quantitative estimate of drug-likeness (QED) is 0.857. The normalized spacial score (nSPS) is 22.5. The Hall–Kier alpha value is -1.76. The molecule has 2 saturated heterocycles. The summed E-state index contributed by atoms with van der Waals surface area (Å²) in [6.07, 6.45) is 5.62. The van der Waals surface area contributed by atoms with E-state index in [1.807, 2.05) is 18.2 Å². The Balaban J connectivity index is 1.23. The van der Waals surface area contributed by atoms with Crippen LogP contribution >= 0.6 is 0 Å². The van der Waals surface area contributed by atoms with E-state index < -0.39 is 0 Å². The lowest BCUT2D eigenvalue weighted by molar-refractivity contribution is -0.140. The first kappa shape index (κ1) is 17.6. The molecular formula is C20H27N3O3. The van der Waals surface area contributed by atoms with Crippen molar-refractivity contribution in [1.82, 2.24) is 15.5 Å². The van der Waals surface area contributed by atoms with Crippen molar-refractivity contribution in [3.8, 4) is 0 Å². The Labute approximate surface area is 154 Å². The highest BCUT2D eigenvalue weighted by molar-refractivity contribution is 5.18. The van der Waals surface area contributed by atoms with Gasteiger partial charge in [-0.25, -0.2) is 0 Å². The third-order valence-electron chi connectivity index (χ3n) is 5.38. The highest BCUT2D eigenvalue weighted by Gasteiger charge is 2.38. The molecule has 0 radical (unpaired) electrons. The maximum absolute atomic E-state index is 6.10. The lowest BCUT2D eigenvalue weighted by Crippen LogP contribution is -2.50. The van der Waals surface area contributed by atoms with Crippen molar-refractivity contribution in [1.29, 1.82) is 0 Å². The van der Waals surface area contributed by atoms with Gasteiger partial charge in [-0.3, -0.25) is 0 Å². The summed E-state index contributed by atoms with van der Waals surface area (Å²) in [5, 5.41) is 7.75. The summed E-state index contributed by atoms with van der Waals surface area (Å²) < 4.78 is 17.0. The molecule has 0 saturated carbocycles. The smallest absolute Gasteiger partial charge is 0.227 e. The number of ether oxygens (including phenoxy) is 2. The zero-order valence-electron chi connectivity index (χ0n) is 15.2. The molecule has 0 aliphatic carbocycles. The third-order valence-corrected chi connectivity index (χ3v) is 5.38. The average molecular weight is 357 g/mol. The zero-order chi connectivity index (χ0) is 17.7. The second-order valence-electron chi connectivity index (χ2n) is 7.30. The van der Waals surface area contributed by atoms with E-state index in [0.717, 1.165) is 64.3 Å². The Morgan fingerprint density at radius 2 is 1.96 bits per heavy atom. The van der Waals surface area contributed by atoms with E-state index in [0.29, 0.717) is 18.4 Å². The number of rotatable bonds is 6. The predicted molar refractivity (Wildman–Crippen MR) is 97.0 cm³/mol. The van der Waals surface area contributed by atoms with Crippen LogP contribution in [0.3, 0.4) is 0 Å². The maximum atomic E-state index is 6.10. The van der Waals surface area contributed by atoms with E-state index in [-0.39, 0.29) is 5.60 Å². The van der Waals surface area contributed by atoms with Crippen LogP contribution < -0.4 is 5.32 Å². The van der Waals surface area contributed by atoms with Crippen LogP contribution in [0.2, 0.25) is 0 Å². The molecule has 2 aliphatic heterocycles. The minimum absolute atomic E-state index is 0.0293. The van der Waals surface area contributed by atoms with E-state index in [1.165, 1.54) is 5.56 Å². The maximum Gasteiger partial charge on any atom is 0.227 e. The molecular weight excluding hydrogens is 330 g/mol. The number of benzene rings is 1. The largest absolute Gasteiger partial charge is 0.381 e. The molecule has 1 spiro atoms. The topological polar surface area (TPSA) is 69.4 Å². The van der Waals surface area contributed by atoms with Gasteiger partial charge in [0.15, 0.2) is 5.82 Å². The molecule has 6 nitrogen and oxygen atoms in total. The summed E-state index contributed by atoms with van der Waals surface area (Å²) in [4.78, 5) is 4.51. The fourth-order valence-corrected chi connectivity index (χ4v) is 3.92. The van der Waals surface area contributed by atoms with Gasteiger partial charge in [0.2, 0.25) is 5.89 Å². The van der Waals surface area contributed by atoms with Crippen molar-refractivity contribution in [2.45, 2.75) is 50.2 Å². The highest BCUT2D eigenvalue weighted by atomic mass is 16.5. The van der Waals surface area contributed by atoms with Crippen molar-refractivity contribution in [3.05, 3.63) is 47.6 Å². The molecule has 2 aliphatic rings. The minimum atomic E-state index is 0.0293. The molecule has 140 valence electrons. The van der Waals surface area contributed by atoms with Crippen LogP contribution in [0.1, 0.15) is 43.0 Å². The standard InChI is InChI=1S/C20H27N3O3/c1-2-4-16(5-3-1)14-18-22-19(26-23-18)6-10-21-17-7-11-25-20(15-17)8-12-24-13-9-20/h1-5,17,21H,6-15H2/t17-/m1/s1. The van der Waals surface area contributed by atoms with Gasteiger partial charge in [-0.15, -0.1) is 0 Å². The molecule has 1 aromatic carbocycles. The van der Waals surface area contributed by atoms with Crippen LogP contribution in [0, 0.1) is 0 Å². The van der Waals surface area contributed by atoms with Crippen LogP contribution in [-0.2, 0) is 22.3 Å². The Bertz CT molecular complexity index is 677. The predicted octanol–water partition coefficient (Wildman–Crippen LogP) is 2.52. The van der Waals surface area contributed by atoms with Crippen LogP contribution in [0.4, 0.5) is 0 Å². The van der Waals surface area contributed by atoms with Gasteiger partial charge in [0.1, 0.15) is 0 Å². The van der Waals surface area contributed by atoms with Crippen LogP contribution in [-0.4, -0.2) is 48.1 Å². The van der Waals surface area contributed by atoms with Gasteiger partial charge >= 0.3 is 0 Å². The van der Waals surface area contributed by atoms with Gasteiger partial charge < -0.3 is 19.3 Å². The van der Waals surface area contributed by atoms with Crippen molar-refractivity contribution >= 4 is 0 Å². The van der Waals surface area contributed by atoms with E-state index in [4.69, 9.17) is 14.0 Å². The summed E-state index contributed by atoms with van der Waals surface area (Å²) in [7, 11) is 0. The van der Waals surface area contributed by atoms with Gasteiger partial charge in [-0.1, -0.05) is 35.5 Å². The molecule has 6 heteroatoms. The van der Waals surface area contributed by atoms with Crippen molar-refractivity contribution in [2.75, 3.05) is 26.4 Å². The molecule has 0 unspecified atom stereocenters. The van der Waals surface area contributed by atoms with E-state index >= 15 is 0 Å². The van der Waals surface area contributed by atoms with Crippen molar-refractivity contribution in [3.63, 3.8) is 0 Å². The molecule has 26 heavy (non-hydrogen) atoms. The van der Waals surface area contributed by atoms with Gasteiger partial charge in [-0.05, 0) is 31.2 Å². The molecule has 2 aromatic rings. The molecule has 1 atom stereocenters.